The molecule has 0 aliphatic rings. The highest BCUT2D eigenvalue weighted by molar-refractivity contribution is 6.30. The predicted molar refractivity (Wildman–Crippen MR) is 62.7 cm³/mol. The Balaban J connectivity index is 2.56. The van der Waals surface area contributed by atoms with Crippen molar-refractivity contribution in [3.63, 3.8) is 0 Å². The number of aryl methyl sites for hydroxylation is 1. The van der Waals surface area contributed by atoms with E-state index in [0.717, 1.165) is 22.2 Å². The van der Waals surface area contributed by atoms with Crippen molar-refractivity contribution in [2.45, 2.75) is 13.8 Å². The molecule has 0 unspecified atom stereocenters. The molecule has 0 N–H and O–H groups in total. The molecule has 78 valence electrons. The zero-order valence-electron chi connectivity index (χ0n) is 8.75. The number of aromatic nitrogens is 1. The van der Waals surface area contributed by atoms with Crippen LogP contribution in [0.1, 0.15) is 12.5 Å². The highest BCUT2D eigenvalue weighted by Crippen LogP contribution is 2.23. The normalized spacial score (nSPS) is 10.6. The zero-order chi connectivity index (χ0) is 10.8. The number of ether oxygens (including phenoxy) is 1. The first-order valence-corrected chi connectivity index (χ1v) is 5.28. The number of rotatable bonds is 2. The Bertz CT molecular complexity index is 496. The molecule has 0 saturated carbocycles. The van der Waals surface area contributed by atoms with E-state index >= 15 is 0 Å². The number of fused-ring (bicyclic) bond motifs is 1. The van der Waals surface area contributed by atoms with Crippen molar-refractivity contribution < 1.29 is 4.74 Å². The Kier molecular flexibility index (Phi) is 2.78. The van der Waals surface area contributed by atoms with Crippen molar-refractivity contribution in [1.29, 1.82) is 0 Å². The number of pyridine rings is 1. The van der Waals surface area contributed by atoms with E-state index in [1.54, 1.807) is 0 Å². The Morgan fingerprint density at radius 3 is 2.87 bits per heavy atom. The van der Waals surface area contributed by atoms with Crippen LogP contribution in [0.5, 0.6) is 5.75 Å². The summed E-state index contributed by atoms with van der Waals surface area (Å²) in [7, 11) is 0. The first-order valence-electron chi connectivity index (χ1n) is 4.90. The minimum Gasteiger partial charge on any atom is -0.494 e. The maximum Gasteiger partial charge on any atom is 0.132 e. The Labute approximate surface area is 93.8 Å². The van der Waals surface area contributed by atoms with E-state index in [2.05, 4.69) is 4.98 Å². The summed E-state index contributed by atoms with van der Waals surface area (Å²) in [6.45, 7) is 4.59. The van der Waals surface area contributed by atoms with Crippen molar-refractivity contribution in [3.8, 4) is 5.75 Å². The predicted octanol–water partition coefficient (Wildman–Crippen LogP) is 3.60. The van der Waals surface area contributed by atoms with Gasteiger partial charge in [0.15, 0.2) is 0 Å². The lowest BCUT2D eigenvalue weighted by atomic mass is 10.1. The molecule has 0 radical (unpaired) electrons. The van der Waals surface area contributed by atoms with E-state index in [1.165, 1.54) is 0 Å². The van der Waals surface area contributed by atoms with Crippen molar-refractivity contribution in [2.75, 3.05) is 6.61 Å². The summed E-state index contributed by atoms with van der Waals surface area (Å²) < 4.78 is 5.42. The molecule has 0 spiro atoms. The van der Waals surface area contributed by atoms with Crippen LogP contribution in [0, 0.1) is 6.92 Å². The van der Waals surface area contributed by atoms with Gasteiger partial charge in [-0.05, 0) is 43.7 Å². The first-order chi connectivity index (χ1) is 7.20. The summed E-state index contributed by atoms with van der Waals surface area (Å²) in [5.74, 6) is 0.869. The molecule has 2 rings (SSSR count). The molecule has 0 saturated heterocycles. The summed E-state index contributed by atoms with van der Waals surface area (Å²) in [5.41, 5.74) is 1.88. The monoisotopic (exact) mass is 221 g/mol. The van der Waals surface area contributed by atoms with Crippen LogP contribution in [0.15, 0.2) is 24.3 Å². The number of halogens is 1. The fraction of sp³-hybridized carbons (Fsp3) is 0.250. The molecule has 0 amide bonds. The molecular weight excluding hydrogens is 210 g/mol. The lowest BCUT2D eigenvalue weighted by Crippen LogP contribution is -1.91. The smallest absolute Gasteiger partial charge is 0.132 e. The van der Waals surface area contributed by atoms with Crippen LogP contribution >= 0.6 is 11.6 Å². The molecule has 1 aromatic carbocycles. The van der Waals surface area contributed by atoms with Crippen LogP contribution < -0.4 is 4.74 Å². The highest BCUT2D eigenvalue weighted by Gasteiger charge is 2.02. The number of hydrogen-bond acceptors (Lipinski definition) is 2. The molecule has 0 aliphatic carbocycles. The minimum absolute atomic E-state index is 0.562. The van der Waals surface area contributed by atoms with Gasteiger partial charge in [0.05, 0.1) is 12.1 Å². The third kappa shape index (κ3) is 2.05. The van der Waals surface area contributed by atoms with Crippen LogP contribution in [-0.2, 0) is 0 Å². The van der Waals surface area contributed by atoms with Crippen LogP contribution in [0.3, 0.4) is 0 Å². The van der Waals surface area contributed by atoms with Crippen molar-refractivity contribution in [2.24, 2.45) is 0 Å². The van der Waals surface area contributed by atoms with Gasteiger partial charge in [0.1, 0.15) is 10.9 Å². The largest absolute Gasteiger partial charge is 0.494 e. The summed E-state index contributed by atoms with van der Waals surface area (Å²) in [6, 6.07) is 7.83. The molecule has 0 bridgehead atoms. The van der Waals surface area contributed by atoms with E-state index in [9.17, 15) is 0 Å². The van der Waals surface area contributed by atoms with E-state index in [1.807, 2.05) is 38.1 Å². The first kappa shape index (κ1) is 10.2. The lowest BCUT2D eigenvalue weighted by molar-refractivity contribution is 0.340. The van der Waals surface area contributed by atoms with Crippen molar-refractivity contribution in [1.82, 2.24) is 4.98 Å². The van der Waals surface area contributed by atoms with E-state index in [0.29, 0.717) is 11.8 Å². The average Bonchev–Trinajstić information content (AvgIpc) is 2.21. The molecule has 1 aromatic heterocycles. The third-order valence-electron chi connectivity index (χ3n) is 2.23. The summed E-state index contributed by atoms with van der Waals surface area (Å²) in [4.78, 5) is 4.29. The van der Waals surface area contributed by atoms with Crippen LogP contribution in [0.25, 0.3) is 10.9 Å². The van der Waals surface area contributed by atoms with E-state index < -0.39 is 0 Å². The quantitative estimate of drug-likeness (QED) is 0.723. The number of benzene rings is 1. The second kappa shape index (κ2) is 4.07. The molecule has 1 heterocycles. The number of hydrogen-bond donors (Lipinski definition) is 0. The van der Waals surface area contributed by atoms with Gasteiger partial charge in [-0.15, -0.1) is 0 Å². The van der Waals surface area contributed by atoms with Gasteiger partial charge in [-0.3, -0.25) is 0 Å². The van der Waals surface area contributed by atoms with Gasteiger partial charge in [-0.1, -0.05) is 11.6 Å². The Morgan fingerprint density at radius 1 is 1.33 bits per heavy atom. The maximum atomic E-state index is 5.95. The van der Waals surface area contributed by atoms with Gasteiger partial charge in [-0.2, -0.15) is 0 Å². The van der Waals surface area contributed by atoms with E-state index in [4.69, 9.17) is 16.3 Å². The standard InChI is InChI=1S/C12H12ClNO/c1-3-15-10-4-5-11-9(7-10)6-8(2)12(13)14-11/h4-7H,3H2,1-2H3. The molecule has 15 heavy (non-hydrogen) atoms. The summed E-state index contributed by atoms with van der Waals surface area (Å²) in [5, 5.41) is 1.62. The summed E-state index contributed by atoms with van der Waals surface area (Å²) >= 11 is 5.95. The molecular formula is C12H12ClNO. The molecule has 2 aromatic rings. The Hall–Kier alpha value is -1.28. The van der Waals surface area contributed by atoms with Crippen LogP contribution in [-0.4, -0.2) is 11.6 Å². The van der Waals surface area contributed by atoms with Crippen LogP contribution in [0.4, 0.5) is 0 Å². The molecule has 0 aliphatic heterocycles. The highest BCUT2D eigenvalue weighted by atomic mass is 35.5. The average molecular weight is 222 g/mol. The van der Waals surface area contributed by atoms with Gasteiger partial charge >= 0.3 is 0 Å². The zero-order valence-corrected chi connectivity index (χ0v) is 9.51. The lowest BCUT2D eigenvalue weighted by Gasteiger charge is -2.05. The second-order valence-corrected chi connectivity index (χ2v) is 3.74. The van der Waals surface area contributed by atoms with Gasteiger partial charge < -0.3 is 4.74 Å². The van der Waals surface area contributed by atoms with Crippen molar-refractivity contribution >= 4 is 22.5 Å². The minimum atomic E-state index is 0.562. The molecule has 3 heteroatoms. The summed E-state index contributed by atoms with van der Waals surface area (Å²) in [6.07, 6.45) is 0. The molecule has 2 nitrogen and oxygen atoms in total. The third-order valence-corrected chi connectivity index (χ3v) is 2.61. The fourth-order valence-electron chi connectivity index (χ4n) is 1.49. The van der Waals surface area contributed by atoms with Gasteiger partial charge in [-0.25, -0.2) is 4.98 Å². The SMILES string of the molecule is CCOc1ccc2nc(Cl)c(C)cc2c1. The Morgan fingerprint density at radius 2 is 2.13 bits per heavy atom. The van der Waals surface area contributed by atoms with Crippen molar-refractivity contribution in [3.05, 3.63) is 35.0 Å². The van der Waals surface area contributed by atoms with Gasteiger partial charge in [0.2, 0.25) is 0 Å². The topological polar surface area (TPSA) is 22.1 Å². The van der Waals surface area contributed by atoms with Gasteiger partial charge in [0.25, 0.3) is 0 Å². The molecule has 0 fully saturated rings. The van der Waals surface area contributed by atoms with E-state index in [-0.39, 0.29) is 0 Å². The fourth-order valence-corrected chi connectivity index (χ4v) is 1.64. The molecule has 0 atom stereocenters. The van der Waals surface area contributed by atoms with Crippen LogP contribution in [0.2, 0.25) is 5.15 Å². The maximum absolute atomic E-state index is 5.95. The second-order valence-electron chi connectivity index (χ2n) is 3.38. The van der Waals surface area contributed by atoms with Gasteiger partial charge in [0, 0.05) is 5.39 Å². The number of nitrogens with zero attached hydrogens (tertiary/aromatic N) is 1.